The SMILES string of the molecule is CC(Cl)c1cn(Cc2ncccn2)nn1. The summed E-state index contributed by atoms with van der Waals surface area (Å²) < 4.78 is 1.67. The Morgan fingerprint density at radius 3 is 2.73 bits per heavy atom. The van der Waals surface area contributed by atoms with Crippen LogP contribution in [0, 0.1) is 0 Å². The second-order valence-electron chi connectivity index (χ2n) is 3.12. The molecule has 5 nitrogen and oxygen atoms in total. The molecule has 0 radical (unpaired) electrons. The first-order valence-electron chi connectivity index (χ1n) is 4.55. The van der Waals surface area contributed by atoms with Crippen LogP contribution in [0.5, 0.6) is 0 Å². The quantitative estimate of drug-likeness (QED) is 0.739. The third kappa shape index (κ3) is 2.50. The first-order valence-corrected chi connectivity index (χ1v) is 4.99. The molecule has 0 bridgehead atoms. The number of nitrogens with zero attached hydrogens (tertiary/aromatic N) is 5. The van der Waals surface area contributed by atoms with E-state index in [0.717, 1.165) is 5.69 Å². The van der Waals surface area contributed by atoms with Crippen molar-refractivity contribution in [1.82, 2.24) is 25.0 Å². The van der Waals surface area contributed by atoms with Crippen molar-refractivity contribution in [2.75, 3.05) is 0 Å². The largest absolute Gasteiger partial charge is 0.245 e. The van der Waals surface area contributed by atoms with Crippen LogP contribution in [0.3, 0.4) is 0 Å². The van der Waals surface area contributed by atoms with Gasteiger partial charge < -0.3 is 0 Å². The van der Waals surface area contributed by atoms with E-state index in [-0.39, 0.29) is 5.38 Å². The summed E-state index contributed by atoms with van der Waals surface area (Å²) >= 11 is 5.87. The van der Waals surface area contributed by atoms with E-state index < -0.39 is 0 Å². The van der Waals surface area contributed by atoms with E-state index in [1.54, 1.807) is 29.3 Å². The zero-order valence-electron chi connectivity index (χ0n) is 8.21. The molecule has 2 rings (SSSR count). The van der Waals surface area contributed by atoms with Crippen molar-refractivity contribution in [2.45, 2.75) is 18.8 Å². The van der Waals surface area contributed by atoms with Gasteiger partial charge >= 0.3 is 0 Å². The maximum Gasteiger partial charge on any atom is 0.149 e. The van der Waals surface area contributed by atoms with Crippen LogP contribution in [-0.4, -0.2) is 25.0 Å². The standard InChI is InChI=1S/C9H10ClN5/c1-7(10)8-5-15(14-13-8)6-9-11-3-2-4-12-9/h2-5,7H,6H2,1H3. The normalized spacial score (nSPS) is 12.7. The summed E-state index contributed by atoms with van der Waals surface area (Å²) in [6.45, 7) is 2.37. The lowest BCUT2D eigenvalue weighted by molar-refractivity contribution is 0.624. The molecule has 78 valence electrons. The van der Waals surface area contributed by atoms with Crippen molar-refractivity contribution in [3.8, 4) is 0 Å². The Bertz CT molecular complexity index is 425. The van der Waals surface area contributed by atoms with Crippen LogP contribution >= 0.6 is 11.6 Å². The van der Waals surface area contributed by atoms with Crippen molar-refractivity contribution >= 4 is 11.6 Å². The highest BCUT2D eigenvalue weighted by molar-refractivity contribution is 6.20. The third-order valence-corrected chi connectivity index (χ3v) is 2.11. The molecule has 2 heterocycles. The average molecular weight is 224 g/mol. The molecule has 0 N–H and O–H groups in total. The van der Waals surface area contributed by atoms with E-state index >= 15 is 0 Å². The van der Waals surface area contributed by atoms with E-state index in [4.69, 9.17) is 11.6 Å². The maximum atomic E-state index is 5.87. The number of alkyl halides is 1. The molecule has 1 atom stereocenters. The van der Waals surface area contributed by atoms with Crippen LogP contribution in [0.4, 0.5) is 0 Å². The van der Waals surface area contributed by atoms with Crippen molar-refractivity contribution in [2.24, 2.45) is 0 Å². The number of aromatic nitrogens is 5. The van der Waals surface area contributed by atoms with E-state index in [2.05, 4.69) is 20.3 Å². The Balaban J connectivity index is 2.12. The van der Waals surface area contributed by atoms with Gasteiger partial charge in [-0.05, 0) is 13.0 Å². The zero-order valence-corrected chi connectivity index (χ0v) is 8.96. The van der Waals surface area contributed by atoms with Gasteiger partial charge in [-0.1, -0.05) is 5.21 Å². The van der Waals surface area contributed by atoms with Crippen LogP contribution < -0.4 is 0 Å². The molecule has 0 amide bonds. The lowest BCUT2D eigenvalue weighted by Gasteiger charge is -1.97. The Morgan fingerprint density at radius 2 is 2.13 bits per heavy atom. The molecule has 0 saturated heterocycles. The van der Waals surface area contributed by atoms with E-state index in [1.165, 1.54) is 0 Å². The van der Waals surface area contributed by atoms with Gasteiger partial charge in [-0.25, -0.2) is 14.6 Å². The van der Waals surface area contributed by atoms with E-state index in [1.807, 2.05) is 6.92 Å². The van der Waals surface area contributed by atoms with Crippen molar-refractivity contribution in [3.05, 3.63) is 36.2 Å². The molecule has 2 aromatic heterocycles. The minimum absolute atomic E-state index is 0.129. The van der Waals surface area contributed by atoms with Crippen molar-refractivity contribution in [3.63, 3.8) is 0 Å². The molecule has 2 aromatic rings. The summed E-state index contributed by atoms with van der Waals surface area (Å²) in [6.07, 6.45) is 5.20. The number of halogens is 1. The summed E-state index contributed by atoms with van der Waals surface area (Å²) in [4.78, 5) is 8.19. The Labute approximate surface area is 92.1 Å². The molecule has 0 spiro atoms. The fourth-order valence-corrected chi connectivity index (χ4v) is 1.23. The minimum Gasteiger partial charge on any atom is -0.245 e. The number of hydrogen-bond acceptors (Lipinski definition) is 4. The van der Waals surface area contributed by atoms with Crippen LogP contribution in [-0.2, 0) is 6.54 Å². The predicted octanol–water partition coefficient (Wildman–Crippen LogP) is 1.42. The topological polar surface area (TPSA) is 56.5 Å². The molecule has 0 fully saturated rings. The van der Waals surface area contributed by atoms with Gasteiger partial charge in [-0.15, -0.1) is 16.7 Å². The predicted molar refractivity (Wildman–Crippen MR) is 55.4 cm³/mol. The summed E-state index contributed by atoms with van der Waals surface area (Å²) in [5, 5.41) is 7.74. The van der Waals surface area contributed by atoms with Gasteiger partial charge in [0.2, 0.25) is 0 Å². The summed E-state index contributed by atoms with van der Waals surface area (Å²) in [7, 11) is 0. The molecule has 0 aliphatic heterocycles. The monoisotopic (exact) mass is 223 g/mol. The van der Waals surface area contributed by atoms with Crippen molar-refractivity contribution < 1.29 is 0 Å². The second kappa shape index (κ2) is 4.35. The summed E-state index contributed by atoms with van der Waals surface area (Å²) in [5.41, 5.74) is 0.757. The smallest absolute Gasteiger partial charge is 0.149 e. The van der Waals surface area contributed by atoms with E-state index in [0.29, 0.717) is 12.4 Å². The summed E-state index contributed by atoms with van der Waals surface area (Å²) in [5.74, 6) is 0.705. The van der Waals surface area contributed by atoms with Gasteiger partial charge in [0.1, 0.15) is 18.1 Å². The first kappa shape index (κ1) is 10.0. The van der Waals surface area contributed by atoms with Gasteiger partial charge in [0.25, 0.3) is 0 Å². The van der Waals surface area contributed by atoms with Gasteiger partial charge in [0.15, 0.2) is 0 Å². The minimum atomic E-state index is -0.129. The molecule has 1 unspecified atom stereocenters. The van der Waals surface area contributed by atoms with Gasteiger partial charge in [-0.2, -0.15) is 0 Å². The fourth-order valence-electron chi connectivity index (χ4n) is 1.13. The van der Waals surface area contributed by atoms with Crippen LogP contribution in [0.15, 0.2) is 24.7 Å². The first-order chi connectivity index (χ1) is 7.25. The highest BCUT2D eigenvalue weighted by Crippen LogP contribution is 2.15. The third-order valence-electron chi connectivity index (χ3n) is 1.89. The maximum absolute atomic E-state index is 5.87. The molecule has 15 heavy (non-hydrogen) atoms. The van der Waals surface area contributed by atoms with Crippen LogP contribution in [0.1, 0.15) is 23.8 Å². The van der Waals surface area contributed by atoms with Gasteiger partial charge in [0.05, 0.1) is 11.6 Å². The highest BCUT2D eigenvalue weighted by Gasteiger charge is 2.07. The summed E-state index contributed by atoms with van der Waals surface area (Å²) in [6, 6.07) is 1.77. The molecule has 0 aromatic carbocycles. The van der Waals surface area contributed by atoms with Crippen LogP contribution in [0.2, 0.25) is 0 Å². The molecular formula is C9H10ClN5. The number of rotatable bonds is 3. The Hall–Kier alpha value is -1.49. The highest BCUT2D eigenvalue weighted by atomic mass is 35.5. The second-order valence-corrected chi connectivity index (χ2v) is 3.78. The Kier molecular flexibility index (Phi) is 2.91. The zero-order chi connectivity index (χ0) is 10.7. The fraction of sp³-hybridized carbons (Fsp3) is 0.333. The number of hydrogen-bond donors (Lipinski definition) is 0. The molecule has 6 heteroatoms. The molecule has 0 saturated carbocycles. The van der Waals surface area contributed by atoms with Crippen LogP contribution in [0.25, 0.3) is 0 Å². The lowest BCUT2D eigenvalue weighted by atomic mass is 10.4. The Morgan fingerprint density at radius 1 is 1.40 bits per heavy atom. The van der Waals surface area contributed by atoms with E-state index in [9.17, 15) is 0 Å². The van der Waals surface area contributed by atoms with Gasteiger partial charge in [0, 0.05) is 12.4 Å². The molecule has 0 aliphatic rings. The van der Waals surface area contributed by atoms with Gasteiger partial charge in [-0.3, -0.25) is 0 Å². The molecular weight excluding hydrogens is 214 g/mol. The average Bonchev–Trinajstić information content (AvgIpc) is 2.68. The van der Waals surface area contributed by atoms with Crippen molar-refractivity contribution in [1.29, 1.82) is 0 Å². The molecule has 0 aliphatic carbocycles. The lowest BCUT2D eigenvalue weighted by Crippen LogP contribution is -2.04.